The van der Waals surface area contributed by atoms with E-state index in [1.54, 1.807) is 31.6 Å². The monoisotopic (exact) mass is 427 g/mol. The van der Waals surface area contributed by atoms with Crippen molar-refractivity contribution in [3.05, 3.63) is 78.1 Å². The molecule has 160 valence electrons. The number of pyridine rings is 1. The molecule has 8 nitrogen and oxygen atoms in total. The highest BCUT2D eigenvalue weighted by Crippen LogP contribution is 2.28. The molecule has 32 heavy (non-hydrogen) atoms. The number of carbonyl (C=O) groups excluding carboxylic acids is 2. The molecule has 8 heteroatoms. The minimum absolute atomic E-state index is 0.0341. The first kappa shape index (κ1) is 20.9. The Morgan fingerprint density at radius 3 is 2.59 bits per heavy atom. The maximum Gasteiger partial charge on any atom is 0.397 e. The van der Waals surface area contributed by atoms with Crippen LogP contribution in [0.15, 0.2) is 67.0 Å². The summed E-state index contributed by atoms with van der Waals surface area (Å²) in [5.41, 5.74) is 4.57. The molecule has 0 radical (unpaired) electrons. The van der Waals surface area contributed by atoms with Crippen LogP contribution in [0.4, 0.5) is 11.6 Å². The molecule has 0 bridgehead atoms. The third kappa shape index (κ3) is 4.70. The number of esters is 1. The van der Waals surface area contributed by atoms with Gasteiger partial charge in [0.1, 0.15) is 6.61 Å². The fourth-order valence-electron chi connectivity index (χ4n) is 3.17. The van der Waals surface area contributed by atoms with E-state index in [0.717, 1.165) is 27.6 Å². The summed E-state index contributed by atoms with van der Waals surface area (Å²) in [5, 5.41) is 6.28. The molecule has 4 aromatic rings. The topological polar surface area (TPSA) is 106 Å². The van der Waals surface area contributed by atoms with Gasteiger partial charge in [0, 0.05) is 36.1 Å². The van der Waals surface area contributed by atoms with Crippen molar-refractivity contribution in [1.29, 1.82) is 0 Å². The van der Waals surface area contributed by atoms with Crippen LogP contribution >= 0.6 is 0 Å². The van der Waals surface area contributed by atoms with Crippen LogP contribution in [0.25, 0.3) is 22.2 Å². The number of hydrogen-bond acceptors (Lipinski definition) is 7. The van der Waals surface area contributed by atoms with E-state index in [1.807, 2.05) is 49.4 Å². The zero-order valence-corrected chi connectivity index (χ0v) is 17.6. The fraction of sp³-hybridized carbons (Fsp3) is 0.125. The van der Waals surface area contributed by atoms with Crippen LogP contribution in [0.2, 0.25) is 0 Å². The number of nitrogens with one attached hydrogen (secondary N) is 2. The number of amides is 1. The van der Waals surface area contributed by atoms with Crippen LogP contribution in [0.5, 0.6) is 0 Å². The van der Waals surface area contributed by atoms with Crippen LogP contribution in [0.3, 0.4) is 0 Å². The number of aromatic nitrogens is 3. The van der Waals surface area contributed by atoms with E-state index >= 15 is 0 Å². The number of ether oxygens (including phenoxy) is 1. The van der Waals surface area contributed by atoms with Crippen molar-refractivity contribution in [2.75, 3.05) is 17.7 Å². The van der Waals surface area contributed by atoms with Crippen molar-refractivity contribution in [3.63, 3.8) is 0 Å². The van der Waals surface area contributed by atoms with Crippen molar-refractivity contribution >= 4 is 34.5 Å². The van der Waals surface area contributed by atoms with Gasteiger partial charge in [0.15, 0.2) is 5.65 Å². The van der Waals surface area contributed by atoms with Gasteiger partial charge in [-0.05, 0) is 41.8 Å². The summed E-state index contributed by atoms with van der Waals surface area (Å²) in [6.45, 7) is 1.99. The lowest BCUT2D eigenvalue weighted by Gasteiger charge is -2.11. The molecule has 2 aromatic heterocycles. The van der Waals surface area contributed by atoms with E-state index in [4.69, 9.17) is 4.74 Å². The third-order valence-electron chi connectivity index (χ3n) is 4.86. The Morgan fingerprint density at radius 2 is 1.81 bits per heavy atom. The Balaban J connectivity index is 1.50. The van der Waals surface area contributed by atoms with Crippen molar-refractivity contribution in [2.24, 2.45) is 0 Å². The Morgan fingerprint density at radius 1 is 1.00 bits per heavy atom. The van der Waals surface area contributed by atoms with Gasteiger partial charge in [-0.3, -0.25) is 4.79 Å². The van der Waals surface area contributed by atoms with Crippen LogP contribution in [-0.4, -0.2) is 33.9 Å². The summed E-state index contributed by atoms with van der Waals surface area (Å²) in [7, 11) is 1.75. The number of carbonyl (C=O) groups is 2. The minimum atomic E-state index is -0.944. The maximum absolute atomic E-state index is 12.3. The fourth-order valence-corrected chi connectivity index (χ4v) is 3.17. The van der Waals surface area contributed by atoms with Gasteiger partial charge in [0.25, 0.3) is 0 Å². The molecule has 0 aliphatic heterocycles. The standard InChI is InChI=1S/C24H21N5O3/c1-15-8-9-19(28-22(30)23(31)32-14-16-6-4-3-5-7-16)11-20(15)17-10-18-13-27-24(25-2)29-21(18)26-12-17/h3-13H,14H2,1-2H3,(H,28,30)(H,25,26,27,29). The highest BCUT2D eigenvalue weighted by molar-refractivity contribution is 6.37. The summed E-state index contributed by atoms with van der Waals surface area (Å²) in [6, 6.07) is 16.5. The second-order valence-electron chi connectivity index (χ2n) is 7.13. The summed E-state index contributed by atoms with van der Waals surface area (Å²) in [4.78, 5) is 37.3. The second kappa shape index (κ2) is 9.22. The van der Waals surface area contributed by atoms with Crippen LogP contribution in [0.1, 0.15) is 11.1 Å². The zero-order valence-electron chi connectivity index (χ0n) is 17.6. The first-order chi connectivity index (χ1) is 15.5. The van der Waals surface area contributed by atoms with E-state index in [2.05, 4.69) is 25.6 Å². The molecule has 0 saturated carbocycles. The minimum Gasteiger partial charge on any atom is -0.454 e. The number of anilines is 2. The highest BCUT2D eigenvalue weighted by Gasteiger charge is 2.16. The Kier molecular flexibility index (Phi) is 6.03. The SMILES string of the molecule is CNc1ncc2cc(-c3cc(NC(=O)C(=O)OCc4ccccc4)ccc3C)cnc2n1. The molecule has 0 spiro atoms. The van der Waals surface area contributed by atoms with Crippen molar-refractivity contribution in [3.8, 4) is 11.1 Å². The summed E-state index contributed by atoms with van der Waals surface area (Å²) >= 11 is 0. The van der Waals surface area contributed by atoms with Gasteiger partial charge in [-0.1, -0.05) is 36.4 Å². The molecule has 0 saturated heterocycles. The van der Waals surface area contributed by atoms with E-state index in [9.17, 15) is 9.59 Å². The molecule has 0 atom stereocenters. The summed E-state index contributed by atoms with van der Waals surface area (Å²) < 4.78 is 5.09. The van der Waals surface area contributed by atoms with Gasteiger partial charge in [0.2, 0.25) is 5.95 Å². The predicted molar refractivity (Wildman–Crippen MR) is 122 cm³/mol. The molecule has 0 unspecified atom stereocenters. The van der Waals surface area contributed by atoms with Crippen molar-refractivity contribution in [1.82, 2.24) is 15.0 Å². The van der Waals surface area contributed by atoms with Gasteiger partial charge >= 0.3 is 11.9 Å². The molecule has 2 N–H and O–H groups in total. The van der Waals surface area contributed by atoms with Gasteiger partial charge in [-0.15, -0.1) is 0 Å². The number of aryl methyl sites for hydroxylation is 1. The van der Waals surface area contributed by atoms with Gasteiger partial charge in [-0.2, -0.15) is 4.98 Å². The Labute approximate surface area is 184 Å². The molecule has 2 aromatic carbocycles. The maximum atomic E-state index is 12.3. The Hall–Kier alpha value is -4.33. The van der Waals surface area contributed by atoms with E-state index in [-0.39, 0.29) is 6.61 Å². The lowest BCUT2D eigenvalue weighted by Crippen LogP contribution is -2.25. The molecule has 0 aliphatic rings. The first-order valence-corrected chi connectivity index (χ1v) is 9.97. The molecular formula is C24H21N5O3. The molecule has 2 heterocycles. The number of nitrogens with zero attached hydrogens (tertiary/aromatic N) is 3. The average molecular weight is 427 g/mol. The number of rotatable bonds is 5. The molecule has 0 aliphatic carbocycles. The highest BCUT2D eigenvalue weighted by atomic mass is 16.5. The molecule has 4 rings (SSSR count). The number of hydrogen-bond donors (Lipinski definition) is 2. The molecule has 0 fully saturated rings. The van der Waals surface area contributed by atoms with Crippen LogP contribution in [-0.2, 0) is 20.9 Å². The van der Waals surface area contributed by atoms with Crippen LogP contribution < -0.4 is 10.6 Å². The smallest absolute Gasteiger partial charge is 0.397 e. The Bertz CT molecular complexity index is 1290. The van der Waals surface area contributed by atoms with E-state index in [1.165, 1.54) is 0 Å². The van der Waals surface area contributed by atoms with Gasteiger partial charge in [-0.25, -0.2) is 14.8 Å². The van der Waals surface area contributed by atoms with Crippen LogP contribution in [0, 0.1) is 6.92 Å². The van der Waals surface area contributed by atoms with Crippen molar-refractivity contribution in [2.45, 2.75) is 13.5 Å². The van der Waals surface area contributed by atoms with Gasteiger partial charge in [0.05, 0.1) is 0 Å². The quantitative estimate of drug-likeness (QED) is 0.369. The molecule has 1 amide bonds. The second-order valence-corrected chi connectivity index (χ2v) is 7.13. The van der Waals surface area contributed by atoms with E-state index < -0.39 is 11.9 Å². The average Bonchev–Trinajstić information content (AvgIpc) is 2.83. The zero-order chi connectivity index (χ0) is 22.5. The van der Waals surface area contributed by atoms with E-state index in [0.29, 0.717) is 17.3 Å². The number of benzene rings is 2. The predicted octanol–water partition coefficient (Wildman–Crippen LogP) is 3.72. The normalized spacial score (nSPS) is 10.6. The summed E-state index contributed by atoms with van der Waals surface area (Å²) in [6.07, 6.45) is 3.42. The lowest BCUT2D eigenvalue weighted by molar-refractivity contribution is -0.153. The number of fused-ring (bicyclic) bond motifs is 1. The first-order valence-electron chi connectivity index (χ1n) is 9.97. The molecular weight excluding hydrogens is 406 g/mol. The van der Waals surface area contributed by atoms with Crippen molar-refractivity contribution < 1.29 is 14.3 Å². The summed E-state index contributed by atoms with van der Waals surface area (Å²) in [5.74, 6) is -1.28. The largest absolute Gasteiger partial charge is 0.454 e. The third-order valence-corrected chi connectivity index (χ3v) is 4.86. The lowest BCUT2D eigenvalue weighted by atomic mass is 10.0. The van der Waals surface area contributed by atoms with Gasteiger partial charge < -0.3 is 15.4 Å².